The minimum Gasteiger partial charge on any atom is -0.387 e. The number of amides is 1. The molecule has 0 aliphatic heterocycles. The van der Waals surface area contributed by atoms with Crippen LogP contribution in [0.1, 0.15) is 22.0 Å². The molecule has 0 spiro atoms. The lowest BCUT2D eigenvalue weighted by Crippen LogP contribution is -2.31. The van der Waals surface area contributed by atoms with Gasteiger partial charge in [0.2, 0.25) is 0 Å². The number of aliphatic hydroxyl groups excluding tert-OH is 1. The van der Waals surface area contributed by atoms with Crippen molar-refractivity contribution in [1.82, 2.24) is 20.3 Å². The molecule has 1 heterocycles. The summed E-state index contributed by atoms with van der Waals surface area (Å²) in [7, 11) is 1.67. The van der Waals surface area contributed by atoms with Gasteiger partial charge in [-0.3, -0.25) is 4.79 Å². The van der Waals surface area contributed by atoms with Crippen LogP contribution in [-0.2, 0) is 0 Å². The number of carbonyl (C=O) groups excluding carboxylic acids is 1. The molecule has 0 saturated carbocycles. The molecule has 0 unspecified atom stereocenters. The van der Waals surface area contributed by atoms with Crippen molar-refractivity contribution in [1.29, 1.82) is 0 Å². The minimum absolute atomic E-state index is 0.167. The third-order valence-corrected chi connectivity index (χ3v) is 3.54. The average Bonchev–Trinajstić information content (AvgIpc) is 3.02. The molecule has 2 N–H and O–H groups in total. The molecule has 1 atom stereocenters. The van der Waals surface area contributed by atoms with Gasteiger partial charge in [-0.1, -0.05) is 30.3 Å². The highest BCUT2D eigenvalue weighted by Crippen LogP contribution is 2.16. The maximum absolute atomic E-state index is 12.4. The topological polar surface area (TPSA) is 82.1 Å². The SMILES string of the molecule is CN(C[C@H](O)c1ccccc1)C(=O)c1ccc2n[nH]nc2c1. The van der Waals surface area contributed by atoms with Gasteiger partial charge in [-0.2, -0.15) is 15.4 Å². The Kier molecular flexibility index (Phi) is 3.84. The highest BCUT2D eigenvalue weighted by atomic mass is 16.3. The van der Waals surface area contributed by atoms with Gasteiger partial charge in [0.25, 0.3) is 5.91 Å². The number of hydrogen-bond acceptors (Lipinski definition) is 4. The van der Waals surface area contributed by atoms with Crippen molar-refractivity contribution in [3.63, 3.8) is 0 Å². The quantitative estimate of drug-likeness (QED) is 0.768. The van der Waals surface area contributed by atoms with Crippen molar-refractivity contribution in [2.24, 2.45) is 0 Å². The number of carbonyl (C=O) groups is 1. The zero-order chi connectivity index (χ0) is 15.5. The summed E-state index contributed by atoms with van der Waals surface area (Å²) < 4.78 is 0. The van der Waals surface area contributed by atoms with E-state index in [1.807, 2.05) is 30.3 Å². The summed E-state index contributed by atoms with van der Waals surface area (Å²) in [5.74, 6) is -0.167. The number of benzene rings is 2. The first kappa shape index (κ1) is 14.2. The predicted molar refractivity (Wildman–Crippen MR) is 82.3 cm³/mol. The zero-order valence-corrected chi connectivity index (χ0v) is 12.1. The second-order valence-corrected chi connectivity index (χ2v) is 5.14. The standard InChI is InChI=1S/C16H16N4O2/c1-20(10-15(21)11-5-3-2-4-6-11)16(22)12-7-8-13-14(9-12)18-19-17-13/h2-9,15,21H,10H2,1H3,(H,17,18,19)/t15-/m0/s1. The molecule has 3 aromatic rings. The summed E-state index contributed by atoms with van der Waals surface area (Å²) in [6, 6.07) is 14.4. The summed E-state index contributed by atoms with van der Waals surface area (Å²) in [4.78, 5) is 13.9. The molecular formula is C16H16N4O2. The monoisotopic (exact) mass is 296 g/mol. The summed E-state index contributed by atoms with van der Waals surface area (Å²) >= 11 is 0. The molecule has 3 rings (SSSR count). The van der Waals surface area contributed by atoms with Crippen molar-refractivity contribution in [3.8, 4) is 0 Å². The molecule has 1 aromatic heterocycles. The van der Waals surface area contributed by atoms with E-state index in [-0.39, 0.29) is 12.5 Å². The molecule has 6 heteroatoms. The van der Waals surface area contributed by atoms with Crippen molar-refractivity contribution < 1.29 is 9.90 Å². The number of nitrogens with one attached hydrogen (secondary N) is 1. The van der Waals surface area contributed by atoms with E-state index in [0.717, 1.165) is 5.56 Å². The Morgan fingerprint density at radius 1 is 1.18 bits per heavy atom. The van der Waals surface area contributed by atoms with Crippen LogP contribution in [0.25, 0.3) is 11.0 Å². The Bertz CT molecular complexity index is 785. The van der Waals surface area contributed by atoms with E-state index in [9.17, 15) is 9.90 Å². The number of fused-ring (bicyclic) bond motifs is 1. The van der Waals surface area contributed by atoms with E-state index in [0.29, 0.717) is 16.6 Å². The van der Waals surface area contributed by atoms with Crippen molar-refractivity contribution >= 4 is 16.9 Å². The third kappa shape index (κ3) is 2.82. The Balaban J connectivity index is 1.73. The number of aromatic nitrogens is 3. The van der Waals surface area contributed by atoms with Crippen LogP contribution in [-0.4, -0.2) is 44.9 Å². The van der Waals surface area contributed by atoms with Crippen LogP contribution in [0.3, 0.4) is 0 Å². The summed E-state index contributed by atoms with van der Waals surface area (Å²) in [6.45, 7) is 0.222. The van der Waals surface area contributed by atoms with Crippen LogP contribution < -0.4 is 0 Å². The fourth-order valence-electron chi connectivity index (χ4n) is 2.32. The van der Waals surface area contributed by atoms with Crippen molar-refractivity contribution in [3.05, 3.63) is 59.7 Å². The van der Waals surface area contributed by atoms with Gasteiger partial charge in [-0.05, 0) is 23.8 Å². The first-order valence-corrected chi connectivity index (χ1v) is 6.94. The molecule has 1 amide bonds. The van der Waals surface area contributed by atoms with Crippen LogP contribution >= 0.6 is 0 Å². The molecule has 112 valence electrons. The first-order chi connectivity index (χ1) is 10.6. The maximum atomic E-state index is 12.4. The first-order valence-electron chi connectivity index (χ1n) is 6.94. The molecule has 0 bridgehead atoms. The van der Waals surface area contributed by atoms with Crippen LogP contribution in [0.4, 0.5) is 0 Å². The number of hydrogen-bond donors (Lipinski definition) is 2. The molecule has 0 radical (unpaired) electrons. The fourth-order valence-corrected chi connectivity index (χ4v) is 2.32. The Hall–Kier alpha value is -2.73. The third-order valence-electron chi connectivity index (χ3n) is 3.54. The largest absolute Gasteiger partial charge is 0.387 e. The predicted octanol–water partition coefficient (Wildman–Crippen LogP) is 1.76. The zero-order valence-electron chi connectivity index (χ0n) is 12.1. The Labute approximate surface area is 127 Å². The van der Waals surface area contributed by atoms with Crippen molar-refractivity contribution in [2.45, 2.75) is 6.10 Å². The summed E-state index contributed by atoms with van der Waals surface area (Å²) in [5.41, 5.74) is 2.66. The molecule has 0 saturated heterocycles. The number of rotatable bonds is 4. The molecule has 0 aliphatic rings. The van der Waals surface area contributed by atoms with Gasteiger partial charge in [0.05, 0.1) is 12.6 Å². The smallest absolute Gasteiger partial charge is 0.253 e. The summed E-state index contributed by atoms with van der Waals surface area (Å²) in [5, 5.41) is 20.7. The van der Waals surface area contributed by atoms with Gasteiger partial charge in [-0.15, -0.1) is 0 Å². The average molecular weight is 296 g/mol. The molecule has 0 aliphatic carbocycles. The van der Waals surface area contributed by atoms with E-state index in [4.69, 9.17) is 0 Å². The normalized spacial score (nSPS) is 12.3. The van der Waals surface area contributed by atoms with E-state index in [2.05, 4.69) is 15.4 Å². The molecule has 22 heavy (non-hydrogen) atoms. The second-order valence-electron chi connectivity index (χ2n) is 5.14. The number of aliphatic hydroxyl groups is 1. The van der Waals surface area contributed by atoms with Gasteiger partial charge in [0.1, 0.15) is 11.0 Å². The van der Waals surface area contributed by atoms with Crippen LogP contribution in [0.5, 0.6) is 0 Å². The van der Waals surface area contributed by atoms with Crippen LogP contribution in [0.2, 0.25) is 0 Å². The van der Waals surface area contributed by atoms with E-state index < -0.39 is 6.10 Å². The van der Waals surface area contributed by atoms with Crippen LogP contribution in [0, 0.1) is 0 Å². The molecular weight excluding hydrogens is 280 g/mol. The van der Waals surface area contributed by atoms with Gasteiger partial charge >= 0.3 is 0 Å². The Morgan fingerprint density at radius 3 is 2.68 bits per heavy atom. The molecule has 6 nitrogen and oxygen atoms in total. The van der Waals surface area contributed by atoms with Gasteiger partial charge in [0, 0.05) is 12.6 Å². The second kappa shape index (κ2) is 5.95. The summed E-state index contributed by atoms with van der Waals surface area (Å²) in [6.07, 6.45) is -0.717. The lowest BCUT2D eigenvalue weighted by molar-refractivity contribution is 0.0681. The van der Waals surface area contributed by atoms with Crippen molar-refractivity contribution in [2.75, 3.05) is 13.6 Å². The highest BCUT2D eigenvalue weighted by Gasteiger charge is 2.17. The van der Waals surface area contributed by atoms with E-state index in [1.54, 1.807) is 25.2 Å². The lowest BCUT2D eigenvalue weighted by atomic mass is 10.1. The highest BCUT2D eigenvalue weighted by molar-refractivity contribution is 5.97. The Morgan fingerprint density at radius 2 is 1.91 bits per heavy atom. The number of aromatic amines is 1. The van der Waals surface area contributed by atoms with Gasteiger partial charge < -0.3 is 10.0 Å². The van der Waals surface area contributed by atoms with Gasteiger partial charge in [0.15, 0.2) is 0 Å². The number of likely N-dealkylation sites (N-methyl/N-ethyl adjacent to an activating group) is 1. The maximum Gasteiger partial charge on any atom is 0.253 e. The van der Waals surface area contributed by atoms with E-state index in [1.165, 1.54) is 4.90 Å². The lowest BCUT2D eigenvalue weighted by Gasteiger charge is -2.21. The fraction of sp³-hybridized carbons (Fsp3) is 0.188. The van der Waals surface area contributed by atoms with Gasteiger partial charge in [-0.25, -0.2) is 0 Å². The molecule has 2 aromatic carbocycles. The van der Waals surface area contributed by atoms with Crippen LogP contribution in [0.15, 0.2) is 48.5 Å². The minimum atomic E-state index is -0.717. The molecule has 0 fully saturated rings. The number of H-pyrrole nitrogens is 1. The number of nitrogens with zero attached hydrogens (tertiary/aromatic N) is 3. The van der Waals surface area contributed by atoms with E-state index >= 15 is 0 Å².